The summed E-state index contributed by atoms with van der Waals surface area (Å²) >= 11 is 0. The minimum absolute atomic E-state index is 0.389. The standard InChI is InChI=1S/C16H31N3O2/c1-4-19-10-7-13(8-11-19)18(3)14-6-5-9-16(12-14,17-2)15(20)21/h13-14,17H,4-12H2,1-3H3,(H,20,21). The van der Waals surface area contributed by atoms with Crippen LogP contribution >= 0.6 is 0 Å². The number of likely N-dealkylation sites (tertiary alicyclic amines) is 1. The summed E-state index contributed by atoms with van der Waals surface area (Å²) in [5.41, 5.74) is -0.721. The van der Waals surface area contributed by atoms with E-state index in [1.807, 2.05) is 0 Å². The van der Waals surface area contributed by atoms with Crippen LogP contribution in [-0.4, -0.2) is 72.2 Å². The summed E-state index contributed by atoms with van der Waals surface area (Å²) in [5.74, 6) is -0.691. The number of piperidine rings is 1. The van der Waals surface area contributed by atoms with Gasteiger partial charge in [-0.1, -0.05) is 6.92 Å². The normalized spacial score (nSPS) is 32.5. The Morgan fingerprint density at radius 1 is 1.33 bits per heavy atom. The molecule has 0 bridgehead atoms. The van der Waals surface area contributed by atoms with Crippen molar-refractivity contribution in [3.8, 4) is 0 Å². The number of carbonyl (C=O) groups is 1. The Labute approximate surface area is 128 Å². The van der Waals surface area contributed by atoms with Crippen LogP contribution in [-0.2, 0) is 4.79 Å². The molecule has 2 fully saturated rings. The second kappa shape index (κ2) is 7.07. The number of hydrogen-bond acceptors (Lipinski definition) is 4. The average Bonchev–Trinajstić information content (AvgIpc) is 2.54. The van der Waals surface area contributed by atoms with Gasteiger partial charge < -0.3 is 20.2 Å². The molecule has 0 aromatic rings. The molecular weight excluding hydrogens is 266 g/mol. The van der Waals surface area contributed by atoms with Gasteiger partial charge in [-0.15, -0.1) is 0 Å². The molecule has 2 atom stereocenters. The predicted molar refractivity (Wildman–Crippen MR) is 84.6 cm³/mol. The van der Waals surface area contributed by atoms with Crippen LogP contribution in [0.5, 0.6) is 0 Å². The molecule has 2 aliphatic rings. The summed E-state index contributed by atoms with van der Waals surface area (Å²) in [6.45, 7) is 5.71. The highest BCUT2D eigenvalue weighted by Crippen LogP contribution is 2.33. The lowest BCUT2D eigenvalue weighted by Crippen LogP contribution is -2.58. The van der Waals surface area contributed by atoms with E-state index < -0.39 is 11.5 Å². The Hall–Kier alpha value is -0.650. The number of likely N-dealkylation sites (N-methyl/N-ethyl adjacent to an activating group) is 1. The molecule has 1 saturated heterocycles. The van der Waals surface area contributed by atoms with Crippen LogP contribution < -0.4 is 5.32 Å². The Morgan fingerprint density at radius 3 is 2.52 bits per heavy atom. The van der Waals surface area contributed by atoms with Gasteiger partial charge in [0, 0.05) is 12.1 Å². The molecule has 122 valence electrons. The maximum Gasteiger partial charge on any atom is 0.323 e. The molecular formula is C16H31N3O2. The molecule has 1 aliphatic carbocycles. The molecule has 5 nitrogen and oxygen atoms in total. The first-order valence-corrected chi connectivity index (χ1v) is 8.39. The van der Waals surface area contributed by atoms with Crippen molar-refractivity contribution >= 4 is 5.97 Å². The van der Waals surface area contributed by atoms with Gasteiger partial charge in [-0.25, -0.2) is 0 Å². The number of rotatable bonds is 5. The van der Waals surface area contributed by atoms with Crippen LogP contribution in [0.15, 0.2) is 0 Å². The van der Waals surface area contributed by atoms with Gasteiger partial charge in [0.2, 0.25) is 0 Å². The average molecular weight is 297 g/mol. The third-order valence-electron chi connectivity index (χ3n) is 5.77. The molecule has 21 heavy (non-hydrogen) atoms. The van der Waals surface area contributed by atoms with Crippen LogP contribution in [0, 0.1) is 0 Å². The van der Waals surface area contributed by atoms with Gasteiger partial charge in [0.25, 0.3) is 0 Å². The zero-order valence-corrected chi connectivity index (χ0v) is 13.8. The maximum absolute atomic E-state index is 11.6. The molecule has 0 spiro atoms. The van der Waals surface area contributed by atoms with Crippen molar-refractivity contribution < 1.29 is 9.90 Å². The molecule has 2 N–H and O–H groups in total. The molecule has 0 aromatic carbocycles. The molecule has 5 heteroatoms. The van der Waals surface area contributed by atoms with Gasteiger partial charge in [-0.05, 0) is 72.3 Å². The first kappa shape index (κ1) is 16.7. The molecule has 1 saturated carbocycles. The van der Waals surface area contributed by atoms with Gasteiger partial charge in [-0.3, -0.25) is 4.79 Å². The third kappa shape index (κ3) is 3.58. The SMILES string of the molecule is CCN1CCC(N(C)C2CCCC(NC)(C(=O)O)C2)CC1. The highest BCUT2D eigenvalue weighted by Gasteiger charge is 2.43. The molecule has 2 rings (SSSR count). The largest absolute Gasteiger partial charge is 0.480 e. The topological polar surface area (TPSA) is 55.8 Å². The number of carboxylic acid groups (broad SMARTS) is 1. The highest BCUT2D eigenvalue weighted by atomic mass is 16.4. The Morgan fingerprint density at radius 2 is 2.00 bits per heavy atom. The van der Waals surface area contributed by atoms with Crippen molar-refractivity contribution in [3.63, 3.8) is 0 Å². The third-order valence-corrected chi connectivity index (χ3v) is 5.77. The highest BCUT2D eigenvalue weighted by molar-refractivity contribution is 5.79. The van der Waals surface area contributed by atoms with Crippen molar-refractivity contribution in [1.82, 2.24) is 15.1 Å². The van der Waals surface area contributed by atoms with Gasteiger partial charge in [-0.2, -0.15) is 0 Å². The number of hydrogen-bond donors (Lipinski definition) is 2. The number of carboxylic acids is 1. The lowest BCUT2D eigenvalue weighted by molar-refractivity contribution is -0.147. The zero-order valence-electron chi connectivity index (χ0n) is 13.8. The fraction of sp³-hybridized carbons (Fsp3) is 0.938. The lowest BCUT2D eigenvalue weighted by atomic mass is 9.78. The molecule has 2 unspecified atom stereocenters. The summed E-state index contributed by atoms with van der Waals surface area (Å²) < 4.78 is 0. The molecule has 0 amide bonds. The van der Waals surface area contributed by atoms with Crippen molar-refractivity contribution in [2.75, 3.05) is 33.7 Å². The second-order valence-electron chi connectivity index (χ2n) is 6.72. The number of nitrogens with zero attached hydrogens (tertiary/aromatic N) is 2. The minimum atomic E-state index is -0.721. The molecule has 0 aromatic heterocycles. The minimum Gasteiger partial charge on any atom is -0.480 e. The van der Waals surface area contributed by atoms with Crippen LogP contribution in [0.1, 0.15) is 45.4 Å². The fourth-order valence-electron chi connectivity index (χ4n) is 4.06. The van der Waals surface area contributed by atoms with Gasteiger partial charge in [0.05, 0.1) is 0 Å². The Kier molecular flexibility index (Phi) is 5.63. The van der Waals surface area contributed by atoms with E-state index in [1.165, 1.54) is 25.9 Å². The summed E-state index contributed by atoms with van der Waals surface area (Å²) in [7, 11) is 3.99. The van der Waals surface area contributed by atoms with E-state index >= 15 is 0 Å². The quantitative estimate of drug-likeness (QED) is 0.803. The van der Waals surface area contributed by atoms with E-state index in [9.17, 15) is 9.90 Å². The monoisotopic (exact) mass is 297 g/mol. The van der Waals surface area contributed by atoms with Gasteiger partial charge in [0.1, 0.15) is 5.54 Å². The van der Waals surface area contributed by atoms with E-state index in [0.29, 0.717) is 12.1 Å². The molecule has 1 heterocycles. The van der Waals surface area contributed by atoms with Crippen LogP contribution in [0.2, 0.25) is 0 Å². The summed E-state index contributed by atoms with van der Waals surface area (Å²) in [6, 6.07) is 1.000. The zero-order chi connectivity index (χ0) is 15.5. The van der Waals surface area contributed by atoms with Crippen molar-refractivity contribution in [3.05, 3.63) is 0 Å². The van der Waals surface area contributed by atoms with E-state index in [2.05, 4.69) is 29.1 Å². The van der Waals surface area contributed by atoms with Crippen molar-refractivity contribution in [2.45, 2.75) is 63.1 Å². The van der Waals surface area contributed by atoms with E-state index in [-0.39, 0.29) is 0 Å². The molecule has 0 radical (unpaired) electrons. The van der Waals surface area contributed by atoms with E-state index in [1.54, 1.807) is 7.05 Å². The van der Waals surface area contributed by atoms with E-state index in [4.69, 9.17) is 0 Å². The van der Waals surface area contributed by atoms with Gasteiger partial charge >= 0.3 is 5.97 Å². The summed E-state index contributed by atoms with van der Waals surface area (Å²) in [6.07, 6.45) is 6.01. The maximum atomic E-state index is 11.6. The van der Waals surface area contributed by atoms with Crippen molar-refractivity contribution in [2.24, 2.45) is 0 Å². The summed E-state index contributed by atoms with van der Waals surface area (Å²) in [4.78, 5) is 16.6. The molecule has 1 aliphatic heterocycles. The van der Waals surface area contributed by atoms with Crippen LogP contribution in [0.4, 0.5) is 0 Å². The Bertz CT molecular complexity index is 355. The van der Waals surface area contributed by atoms with Gasteiger partial charge in [0.15, 0.2) is 0 Å². The van der Waals surface area contributed by atoms with Crippen LogP contribution in [0.3, 0.4) is 0 Å². The first-order chi connectivity index (χ1) is 10.0. The fourth-order valence-corrected chi connectivity index (χ4v) is 4.06. The second-order valence-corrected chi connectivity index (χ2v) is 6.72. The van der Waals surface area contributed by atoms with Crippen molar-refractivity contribution in [1.29, 1.82) is 0 Å². The lowest BCUT2D eigenvalue weighted by Gasteiger charge is -2.45. The summed E-state index contributed by atoms with van der Waals surface area (Å²) in [5, 5.41) is 12.7. The number of aliphatic carboxylic acids is 1. The van der Waals surface area contributed by atoms with E-state index in [0.717, 1.165) is 32.2 Å². The Balaban J connectivity index is 1.96. The smallest absolute Gasteiger partial charge is 0.323 e. The first-order valence-electron chi connectivity index (χ1n) is 8.39. The van der Waals surface area contributed by atoms with Crippen LogP contribution in [0.25, 0.3) is 0 Å². The predicted octanol–water partition coefficient (Wildman–Crippen LogP) is 1.39. The number of nitrogens with one attached hydrogen (secondary N) is 1.